The molecule has 1 aromatic heterocycles. The summed E-state index contributed by atoms with van der Waals surface area (Å²) in [4.78, 5) is 9.03. The van der Waals surface area contributed by atoms with Crippen molar-refractivity contribution in [3.63, 3.8) is 0 Å². The zero-order chi connectivity index (χ0) is 18.1. The molecule has 140 valence electrons. The lowest BCUT2D eigenvalue weighted by molar-refractivity contribution is 0.0926. The second kappa shape index (κ2) is 7.26. The van der Waals surface area contributed by atoms with Crippen molar-refractivity contribution in [1.29, 1.82) is 0 Å². The summed E-state index contributed by atoms with van der Waals surface area (Å²) in [5.41, 5.74) is 0.872. The van der Waals surface area contributed by atoms with E-state index in [9.17, 15) is 8.42 Å². The first kappa shape index (κ1) is 17.9. The van der Waals surface area contributed by atoms with E-state index >= 15 is 0 Å². The van der Waals surface area contributed by atoms with Crippen molar-refractivity contribution < 1.29 is 12.9 Å². The fraction of sp³-hybridized carbons (Fsp3) is 0.529. The van der Waals surface area contributed by atoms with Gasteiger partial charge in [-0.05, 0) is 30.7 Å². The Morgan fingerprint density at radius 2 is 1.88 bits per heavy atom. The van der Waals surface area contributed by atoms with Gasteiger partial charge in [-0.1, -0.05) is 16.8 Å². The minimum atomic E-state index is -2.83. The van der Waals surface area contributed by atoms with E-state index in [0.717, 1.165) is 38.2 Å². The van der Waals surface area contributed by atoms with Crippen LogP contribution in [0, 0.1) is 0 Å². The first-order valence-corrected chi connectivity index (χ1v) is 10.9. The highest BCUT2D eigenvalue weighted by molar-refractivity contribution is 7.91. The first-order chi connectivity index (χ1) is 12.5. The zero-order valence-corrected chi connectivity index (χ0v) is 15.9. The number of sulfone groups is 1. The first-order valence-electron chi connectivity index (χ1n) is 8.74. The molecule has 1 atom stereocenters. The number of halogens is 1. The van der Waals surface area contributed by atoms with Crippen molar-refractivity contribution in [2.24, 2.45) is 0 Å². The Hall–Kier alpha value is -1.48. The summed E-state index contributed by atoms with van der Waals surface area (Å²) in [5, 5.41) is 4.71. The van der Waals surface area contributed by atoms with Crippen LogP contribution in [0.2, 0.25) is 5.02 Å². The summed E-state index contributed by atoms with van der Waals surface area (Å²) < 4.78 is 28.7. The predicted molar refractivity (Wildman–Crippen MR) is 98.7 cm³/mol. The zero-order valence-electron chi connectivity index (χ0n) is 14.3. The molecule has 26 heavy (non-hydrogen) atoms. The van der Waals surface area contributed by atoms with Crippen molar-refractivity contribution >= 4 is 21.4 Å². The number of piperazine rings is 1. The maximum absolute atomic E-state index is 11.7. The van der Waals surface area contributed by atoms with Gasteiger partial charge in [0.05, 0.1) is 18.1 Å². The van der Waals surface area contributed by atoms with Crippen LogP contribution in [0.4, 0.5) is 0 Å². The lowest BCUT2D eigenvalue weighted by Gasteiger charge is -2.37. The summed E-state index contributed by atoms with van der Waals surface area (Å²) >= 11 is 5.90. The lowest BCUT2D eigenvalue weighted by Crippen LogP contribution is -2.50. The van der Waals surface area contributed by atoms with Crippen LogP contribution in [0.15, 0.2) is 28.8 Å². The molecular weight excluding hydrogens is 376 g/mol. The molecule has 0 spiro atoms. The second-order valence-corrected chi connectivity index (χ2v) is 9.55. The normalized spacial score (nSPS) is 24.1. The Kier molecular flexibility index (Phi) is 5.00. The standard InChI is InChI=1S/C17H21ClN4O3S/c18-14-3-1-13(2-4-14)17-19-16(25-20-17)11-21-6-8-22(9-7-21)15-5-10-26(23,24)12-15/h1-4,15H,5-12H2. The van der Waals surface area contributed by atoms with Gasteiger partial charge in [-0.25, -0.2) is 8.42 Å². The highest BCUT2D eigenvalue weighted by Gasteiger charge is 2.33. The molecular formula is C17H21ClN4O3S. The van der Waals surface area contributed by atoms with Gasteiger partial charge in [-0.3, -0.25) is 9.80 Å². The number of hydrogen-bond acceptors (Lipinski definition) is 7. The van der Waals surface area contributed by atoms with E-state index in [1.807, 2.05) is 12.1 Å². The molecule has 9 heteroatoms. The highest BCUT2D eigenvalue weighted by atomic mass is 35.5. The van der Waals surface area contributed by atoms with E-state index in [0.29, 0.717) is 34.8 Å². The number of aromatic nitrogens is 2. The SMILES string of the molecule is O=S1(=O)CCC(N2CCN(Cc3nc(-c4ccc(Cl)cc4)no3)CC2)C1. The minimum absolute atomic E-state index is 0.182. The number of hydrogen-bond donors (Lipinski definition) is 0. The Labute approximate surface area is 157 Å². The molecule has 0 N–H and O–H groups in total. The molecule has 2 aromatic rings. The number of benzene rings is 1. The van der Waals surface area contributed by atoms with E-state index in [4.69, 9.17) is 16.1 Å². The third-order valence-corrected chi connectivity index (χ3v) is 7.06. The van der Waals surface area contributed by atoms with Crippen molar-refractivity contribution in [2.75, 3.05) is 37.7 Å². The predicted octanol–water partition coefficient (Wildman–Crippen LogP) is 1.69. The van der Waals surface area contributed by atoms with Crippen LogP contribution in [-0.2, 0) is 16.4 Å². The van der Waals surface area contributed by atoms with E-state index < -0.39 is 9.84 Å². The molecule has 0 bridgehead atoms. The number of nitrogens with zero attached hydrogens (tertiary/aromatic N) is 4. The van der Waals surface area contributed by atoms with Crippen LogP contribution < -0.4 is 0 Å². The minimum Gasteiger partial charge on any atom is -0.338 e. The molecule has 7 nitrogen and oxygen atoms in total. The van der Waals surface area contributed by atoms with Crippen LogP contribution in [0.5, 0.6) is 0 Å². The van der Waals surface area contributed by atoms with Crippen molar-refractivity contribution in [1.82, 2.24) is 19.9 Å². The van der Waals surface area contributed by atoms with E-state index in [-0.39, 0.29) is 6.04 Å². The number of rotatable bonds is 4. The molecule has 0 radical (unpaired) electrons. The average molecular weight is 397 g/mol. The quantitative estimate of drug-likeness (QED) is 0.778. The van der Waals surface area contributed by atoms with Crippen molar-refractivity contribution in [2.45, 2.75) is 19.0 Å². The molecule has 0 amide bonds. The fourth-order valence-corrected chi connectivity index (χ4v) is 5.46. The van der Waals surface area contributed by atoms with Gasteiger partial charge in [0.25, 0.3) is 0 Å². The molecule has 4 rings (SSSR count). The van der Waals surface area contributed by atoms with Crippen LogP contribution in [0.1, 0.15) is 12.3 Å². The molecule has 2 fully saturated rings. The highest BCUT2D eigenvalue weighted by Crippen LogP contribution is 2.21. The summed E-state index contributed by atoms with van der Waals surface area (Å²) in [7, 11) is -2.83. The van der Waals surface area contributed by atoms with Gasteiger partial charge in [-0.15, -0.1) is 0 Å². The van der Waals surface area contributed by atoms with Crippen LogP contribution in [-0.4, -0.2) is 72.1 Å². The summed E-state index contributed by atoms with van der Waals surface area (Å²) in [5.74, 6) is 1.78. The summed E-state index contributed by atoms with van der Waals surface area (Å²) in [6.45, 7) is 4.10. The lowest BCUT2D eigenvalue weighted by atomic mass is 10.2. The Bertz CT molecular complexity index is 860. The maximum Gasteiger partial charge on any atom is 0.241 e. The van der Waals surface area contributed by atoms with Crippen LogP contribution in [0.3, 0.4) is 0 Å². The average Bonchev–Trinajstić information content (AvgIpc) is 3.23. The third-order valence-electron chi connectivity index (χ3n) is 5.06. The molecule has 3 heterocycles. The molecule has 2 aliphatic heterocycles. The Balaban J connectivity index is 1.31. The molecule has 2 saturated heterocycles. The monoisotopic (exact) mass is 396 g/mol. The topological polar surface area (TPSA) is 79.5 Å². The molecule has 1 unspecified atom stereocenters. The largest absolute Gasteiger partial charge is 0.338 e. The van der Waals surface area contributed by atoms with Crippen molar-refractivity contribution in [3.05, 3.63) is 35.2 Å². The Morgan fingerprint density at radius 1 is 1.15 bits per heavy atom. The van der Waals surface area contributed by atoms with Gasteiger partial charge in [0.15, 0.2) is 9.84 Å². The molecule has 0 aliphatic carbocycles. The second-order valence-electron chi connectivity index (χ2n) is 6.89. The van der Waals surface area contributed by atoms with E-state index in [1.54, 1.807) is 12.1 Å². The molecule has 1 aromatic carbocycles. The van der Waals surface area contributed by atoms with Crippen LogP contribution in [0.25, 0.3) is 11.4 Å². The van der Waals surface area contributed by atoms with Crippen molar-refractivity contribution in [3.8, 4) is 11.4 Å². The molecule has 2 aliphatic rings. The van der Waals surface area contributed by atoms with Gasteiger partial charge < -0.3 is 4.52 Å². The van der Waals surface area contributed by atoms with Crippen LogP contribution >= 0.6 is 11.6 Å². The smallest absolute Gasteiger partial charge is 0.241 e. The van der Waals surface area contributed by atoms with Gasteiger partial charge in [0.2, 0.25) is 11.7 Å². The van der Waals surface area contributed by atoms with E-state index in [1.165, 1.54) is 0 Å². The fourth-order valence-electron chi connectivity index (χ4n) is 3.58. The Morgan fingerprint density at radius 3 is 2.54 bits per heavy atom. The van der Waals surface area contributed by atoms with Gasteiger partial charge in [-0.2, -0.15) is 4.98 Å². The van der Waals surface area contributed by atoms with Gasteiger partial charge in [0.1, 0.15) is 0 Å². The summed E-state index contributed by atoms with van der Waals surface area (Å²) in [6.07, 6.45) is 0.760. The van der Waals surface area contributed by atoms with E-state index in [2.05, 4.69) is 19.9 Å². The maximum atomic E-state index is 11.7. The van der Waals surface area contributed by atoms with Gasteiger partial charge >= 0.3 is 0 Å². The van der Waals surface area contributed by atoms with Gasteiger partial charge in [0, 0.05) is 42.8 Å². The summed E-state index contributed by atoms with van der Waals surface area (Å²) in [6, 6.07) is 7.52. The molecule has 0 saturated carbocycles. The third kappa shape index (κ3) is 4.09.